The van der Waals surface area contributed by atoms with Crippen molar-refractivity contribution in [3.8, 4) is 0 Å². The fourth-order valence-electron chi connectivity index (χ4n) is 2.38. The summed E-state index contributed by atoms with van der Waals surface area (Å²) in [5.74, 6) is -0.428. The highest BCUT2D eigenvalue weighted by Gasteiger charge is 2.28. The number of rotatable bonds is 5. The molecule has 1 aromatic heterocycles. The van der Waals surface area contributed by atoms with Gasteiger partial charge in [0.05, 0.1) is 0 Å². The third-order valence-corrected chi connectivity index (χ3v) is 4.01. The molecule has 2 N–H and O–H groups in total. The monoisotopic (exact) mass is 360 g/mol. The summed E-state index contributed by atoms with van der Waals surface area (Å²) in [6, 6.07) is 4.63. The molecule has 1 aromatic carbocycles. The van der Waals surface area contributed by atoms with E-state index in [9.17, 15) is 14.0 Å². The molecular formula is C19H25FN4O2. The van der Waals surface area contributed by atoms with Crippen LogP contribution in [0, 0.1) is 11.2 Å². The van der Waals surface area contributed by atoms with Gasteiger partial charge in [-0.15, -0.1) is 0 Å². The molecule has 0 fully saturated rings. The van der Waals surface area contributed by atoms with Crippen molar-refractivity contribution in [1.29, 1.82) is 0 Å². The smallest absolute Gasteiger partial charge is 0.243 e. The Hall–Kier alpha value is -2.70. The maximum absolute atomic E-state index is 13.7. The Kier molecular flexibility index (Phi) is 5.79. The number of hydrogen-bond acceptors (Lipinski definition) is 3. The Labute approximate surface area is 152 Å². The minimum absolute atomic E-state index is 0.223. The van der Waals surface area contributed by atoms with Crippen LogP contribution in [0.1, 0.15) is 45.1 Å². The third-order valence-electron chi connectivity index (χ3n) is 4.01. The molecule has 0 saturated heterocycles. The van der Waals surface area contributed by atoms with Crippen molar-refractivity contribution in [2.45, 2.75) is 39.8 Å². The topological polar surface area (TPSA) is 76.0 Å². The van der Waals surface area contributed by atoms with Crippen molar-refractivity contribution < 1.29 is 14.0 Å². The molecule has 0 radical (unpaired) electrons. The maximum atomic E-state index is 13.7. The standard InChI is InChI=1S/C19H25FN4O2/c1-12(22-18(26)19(2,3)4)17(25)23-15(16-21-9-10-24(16)5)13-7-6-8-14(20)11-13/h6-12,15H,1-5H3,(H,22,26)(H,23,25)/t12-,15+/m1/s1. The van der Waals surface area contributed by atoms with E-state index in [1.807, 2.05) is 0 Å². The normalized spacial score (nSPS) is 13.8. The van der Waals surface area contributed by atoms with Crippen LogP contribution in [-0.2, 0) is 16.6 Å². The van der Waals surface area contributed by atoms with Crippen LogP contribution < -0.4 is 10.6 Å². The zero-order chi connectivity index (χ0) is 19.5. The van der Waals surface area contributed by atoms with E-state index in [0.29, 0.717) is 11.4 Å². The molecular weight excluding hydrogens is 335 g/mol. The number of imidazole rings is 1. The van der Waals surface area contributed by atoms with Gasteiger partial charge >= 0.3 is 0 Å². The van der Waals surface area contributed by atoms with Gasteiger partial charge in [-0.1, -0.05) is 32.9 Å². The fraction of sp³-hybridized carbons (Fsp3) is 0.421. The van der Waals surface area contributed by atoms with Crippen LogP contribution in [0.3, 0.4) is 0 Å². The second kappa shape index (κ2) is 7.68. The predicted octanol–water partition coefficient (Wildman–Crippen LogP) is 2.32. The van der Waals surface area contributed by atoms with Gasteiger partial charge in [-0.3, -0.25) is 9.59 Å². The van der Waals surface area contributed by atoms with Crippen molar-refractivity contribution in [1.82, 2.24) is 20.2 Å². The zero-order valence-corrected chi connectivity index (χ0v) is 15.7. The first-order chi connectivity index (χ1) is 12.1. The Morgan fingerprint density at radius 3 is 2.46 bits per heavy atom. The molecule has 2 aromatic rings. The molecule has 0 saturated carbocycles. The Morgan fingerprint density at radius 2 is 1.92 bits per heavy atom. The van der Waals surface area contributed by atoms with Gasteiger partial charge in [-0.25, -0.2) is 9.37 Å². The van der Waals surface area contributed by atoms with Crippen molar-refractivity contribution in [3.05, 3.63) is 53.9 Å². The van der Waals surface area contributed by atoms with Crippen molar-refractivity contribution in [3.63, 3.8) is 0 Å². The Bertz CT molecular complexity index is 795. The van der Waals surface area contributed by atoms with Gasteiger partial charge in [0.1, 0.15) is 23.7 Å². The minimum atomic E-state index is -0.738. The summed E-state index contributed by atoms with van der Waals surface area (Å²) in [5, 5.41) is 5.55. The van der Waals surface area contributed by atoms with Crippen LogP contribution in [0.4, 0.5) is 4.39 Å². The highest BCUT2D eigenvalue weighted by molar-refractivity contribution is 5.89. The lowest BCUT2D eigenvalue weighted by atomic mass is 9.95. The molecule has 2 rings (SSSR count). The summed E-state index contributed by atoms with van der Waals surface area (Å²) >= 11 is 0. The number of nitrogens with one attached hydrogen (secondary N) is 2. The van der Waals surface area contributed by atoms with E-state index >= 15 is 0 Å². The first-order valence-electron chi connectivity index (χ1n) is 8.43. The van der Waals surface area contributed by atoms with E-state index in [0.717, 1.165) is 0 Å². The Morgan fingerprint density at radius 1 is 1.23 bits per heavy atom. The largest absolute Gasteiger partial charge is 0.344 e. The highest BCUT2D eigenvalue weighted by atomic mass is 19.1. The lowest BCUT2D eigenvalue weighted by Crippen LogP contribution is -2.49. The summed E-state index contributed by atoms with van der Waals surface area (Å²) in [5.41, 5.74) is -0.0297. The van der Waals surface area contributed by atoms with Crippen LogP contribution in [0.25, 0.3) is 0 Å². The molecule has 2 amide bonds. The molecule has 1 heterocycles. The summed E-state index contributed by atoms with van der Waals surface area (Å²) in [6.07, 6.45) is 3.36. The molecule has 26 heavy (non-hydrogen) atoms. The summed E-state index contributed by atoms with van der Waals surface area (Å²) in [6.45, 7) is 6.93. The van der Waals surface area contributed by atoms with Crippen LogP contribution >= 0.6 is 0 Å². The molecule has 0 aliphatic carbocycles. The molecule has 0 aliphatic heterocycles. The SMILES string of the molecule is C[C@@H](NC(=O)C(C)(C)C)C(=O)N[C@@H](c1cccc(F)c1)c1nccn1C. The first kappa shape index (κ1) is 19.6. The van der Waals surface area contributed by atoms with E-state index in [2.05, 4.69) is 15.6 Å². The van der Waals surface area contributed by atoms with E-state index in [-0.39, 0.29) is 11.8 Å². The molecule has 140 valence electrons. The average molecular weight is 360 g/mol. The molecule has 6 nitrogen and oxygen atoms in total. The van der Waals surface area contributed by atoms with Gasteiger partial charge in [0.25, 0.3) is 0 Å². The number of aryl methyl sites for hydroxylation is 1. The van der Waals surface area contributed by atoms with Gasteiger partial charge in [-0.2, -0.15) is 0 Å². The molecule has 2 atom stereocenters. The minimum Gasteiger partial charge on any atom is -0.344 e. The van der Waals surface area contributed by atoms with Gasteiger partial charge in [0, 0.05) is 24.9 Å². The quantitative estimate of drug-likeness (QED) is 0.859. The summed E-state index contributed by atoms with van der Waals surface area (Å²) in [7, 11) is 1.80. The average Bonchev–Trinajstić information content (AvgIpc) is 2.97. The van der Waals surface area contributed by atoms with E-state index in [4.69, 9.17) is 0 Å². The number of hydrogen-bond donors (Lipinski definition) is 2. The van der Waals surface area contributed by atoms with Gasteiger partial charge in [0.2, 0.25) is 11.8 Å². The lowest BCUT2D eigenvalue weighted by molar-refractivity contribution is -0.133. The number of carbonyl (C=O) groups excluding carboxylic acids is 2. The van der Waals surface area contributed by atoms with Crippen LogP contribution in [0.5, 0.6) is 0 Å². The van der Waals surface area contributed by atoms with Gasteiger partial charge in [0.15, 0.2) is 0 Å². The van der Waals surface area contributed by atoms with E-state index in [1.165, 1.54) is 12.1 Å². The number of carbonyl (C=O) groups is 2. The van der Waals surface area contributed by atoms with Gasteiger partial charge < -0.3 is 15.2 Å². The maximum Gasteiger partial charge on any atom is 0.243 e. The van der Waals surface area contributed by atoms with Gasteiger partial charge in [-0.05, 0) is 24.6 Å². The molecule has 0 spiro atoms. The third kappa shape index (κ3) is 4.68. The lowest BCUT2D eigenvalue weighted by Gasteiger charge is -2.24. The number of nitrogens with zero attached hydrogens (tertiary/aromatic N) is 2. The number of aromatic nitrogens is 2. The van der Waals surface area contributed by atoms with E-state index in [1.54, 1.807) is 63.8 Å². The molecule has 7 heteroatoms. The Balaban J connectivity index is 2.23. The van der Waals surface area contributed by atoms with Crippen molar-refractivity contribution in [2.75, 3.05) is 0 Å². The fourth-order valence-corrected chi connectivity index (χ4v) is 2.38. The second-order valence-electron chi connectivity index (χ2n) is 7.34. The van der Waals surface area contributed by atoms with Crippen LogP contribution in [0.2, 0.25) is 0 Å². The second-order valence-corrected chi connectivity index (χ2v) is 7.34. The van der Waals surface area contributed by atoms with Crippen molar-refractivity contribution in [2.24, 2.45) is 12.5 Å². The number of halogens is 1. The molecule has 0 bridgehead atoms. The number of benzene rings is 1. The molecule has 0 aliphatic rings. The first-order valence-corrected chi connectivity index (χ1v) is 8.43. The summed E-state index contributed by atoms with van der Waals surface area (Å²) in [4.78, 5) is 29.0. The predicted molar refractivity (Wildman–Crippen MR) is 96.7 cm³/mol. The zero-order valence-electron chi connectivity index (χ0n) is 15.7. The molecule has 0 unspecified atom stereocenters. The van der Waals surface area contributed by atoms with Crippen LogP contribution in [0.15, 0.2) is 36.7 Å². The number of amides is 2. The summed E-state index contributed by atoms with van der Waals surface area (Å²) < 4.78 is 15.4. The van der Waals surface area contributed by atoms with Crippen molar-refractivity contribution >= 4 is 11.8 Å². The van der Waals surface area contributed by atoms with E-state index < -0.39 is 23.3 Å². The van der Waals surface area contributed by atoms with Crippen LogP contribution in [-0.4, -0.2) is 27.4 Å². The highest BCUT2D eigenvalue weighted by Crippen LogP contribution is 2.21.